The van der Waals surface area contributed by atoms with Gasteiger partial charge in [-0.25, -0.2) is 0 Å². The van der Waals surface area contributed by atoms with Crippen LogP contribution in [0.1, 0.15) is 15.9 Å². The molecule has 0 aliphatic rings. The number of anilines is 1. The molecular weight excluding hydrogens is 320 g/mol. The van der Waals surface area contributed by atoms with Crippen LogP contribution in [0.4, 0.5) is 5.69 Å². The van der Waals surface area contributed by atoms with Crippen LogP contribution in [0.3, 0.4) is 0 Å². The van der Waals surface area contributed by atoms with Gasteiger partial charge in [0, 0.05) is 26.3 Å². The Morgan fingerprint density at radius 1 is 0.960 bits per heavy atom. The number of ether oxygens (including phenoxy) is 3. The summed E-state index contributed by atoms with van der Waals surface area (Å²) in [4.78, 5) is 14.7. The van der Waals surface area contributed by atoms with Crippen molar-refractivity contribution >= 4 is 11.6 Å². The van der Waals surface area contributed by atoms with Crippen molar-refractivity contribution in [2.45, 2.75) is 6.54 Å². The molecule has 0 atom stereocenters. The molecule has 0 unspecified atom stereocenters. The van der Waals surface area contributed by atoms with Gasteiger partial charge in [-0.2, -0.15) is 0 Å². The van der Waals surface area contributed by atoms with Crippen LogP contribution in [0.25, 0.3) is 0 Å². The van der Waals surface area contributed by atoms with E-state index >= 15 is 0 Å². The molecule has 0 heterocycles. The van der Waals surface area contributed by atoms with E-state index in [1.807, 2.05) is 43.3 Å². The van der Waals surface area contributed by atoms with Gasteiger partial charge < -0.3 is 24.4 Å². The van der Waals surface area contributed by atoms with Crippen LogP contribution in [-0.4, -0.2) is 41.3 Å². The Bertz CT molecular complexity index is 744. The van der Waals surface area contributed by atoms with Crippen LogP contribution in [-0.2, 0) is 6.54 Å². The van der Waals surface area contributed by atoms with Crippen molar-refractivity contribution in [2.75, 3.05) is 40.3 Å². The fraction of sp³-hybridized carbons (Fsp3) is 0.316. The minimum atomic E-state index is -0.244. The molecule has 0 aliphatic heterocycles. The van der Waals surface area contributed by atoms with E-state index in [1.54, 1.807) is 12.1 Å². The first kappa shape index (κ1) is 18.4. The molecule has 0 saturated heterocycles. The Hall–Kier alpha value is -2.89. The fourth-order valence-corrected chi connectivity index (χ4v) is 2.65. The molecule has 0 aliphatic carbocycles. The molecule has 6 heteroatoms. The van der Waals surface area contributed by atoms with Gasteiger partial charge >= 0.3 is 0 Å². The number of methoxy groups -OCH3 is 3. The highest BCUT2D eigenvalue weighted by Gasteiger charge is 2.20. The number of rotatable bonds is 7. The first-order valence-corrected chi connectivity index (χ1v) is 7.85. The zero-order valence-corrected chi connectivity index (χ0v) is 15.3. The minimum Gasteiger partial charge on any atom is -0.493 e. The van der Waals surface area contributed by atoms with E-state index in [4.69, 9.17) is 14.2 Å². The van der Waals surface area contributed by atoms with Crippen LogP contribution in [0.15, 0.2) is 36.4 Å². The summed E-state index contributed by atoms with van der Waals surface area (Å²) in [5.74, 6) is 1.01. The van der Waals surface area contributed by atoms with E-state index in [0.717, 1.165) is 11.3 Å². The summed E-state index contributed by atoms with van der Waals surface area (Å²) in [5, 5.41) is 2.93. The Morgan fingerprint density at radius 2 is 1.64 bits per heavy atom. The lowest BCUT2D eigenvalue weighted by Gasteiger charge is -2.18. The van der Waals surface area contributed by atoms with E-state index < -0.39 is 0 Å². The second kappa shape index (κ2) is 8.28. The molecule has 2 aromatic carbocycles. The average molecular weight is 344 g/mol. The Balaban J connectivity index is 2.25. The minimum absolute atomic E-state index is 0.244. The molecule has 134 valence electrons. The highest BCUT2D eigenvalue weighted by molar-refractivity contribution is 5.98. The number of hydrogen-bond acceptors (Lipinski definition) is 5. The number of amides is 1. The lowest BCUT2D eigenvalue weighted by molar-refractivity contribution is 0.0947. The van der Waals surface area contributed by atoms with Crippen molar-refractivity contribution in [2.24, 2.45) is 0 Å². The lowest BCUT2D eigenvalue weighted by Crippen LogP contribution is -2.24. The number of para-hydroxylation sites is 1. The van der Waals surface area contributed by atoms with Gasteiger partial charge in [-0.1, -0.05) is 18.2 Å². The number of carbonyl (C=O) groups excluding carboxylic acids is 1. The van der Waals surface area contributed by atoms with Gasteiger partial charge in [0.2, 0.25) is 5.75 Å². The summed E-state index contributed by atoms with van der Waals surface area (Å²) in [5.41, 5.74) is 2.48. The molecule has 0 fully saturated rings. The van der Waals surface area contributed by atoms with Gasteiger partial charge in [-0.05, 0) is 23.8 Å². The number of nitrogens with one attached hydrogen (secondary N) is 1. The largest absolute Gasteiger partial charge is 0.493 e. The number of carbonyl (C=O) groups is 1. The van der Waals surface area contributed by atoms with Crippen LogP contribution >= 0.6 is 0 Å². The van der Waals surface area contributed by atoms with Crippen molar-refractivity contribution in [1.29, 1.82) is 0 Å². The van der Waals surface area contributed by atoms with Gasteiger partial charge in [0.15, 0.2) is 11.5 Å². The van der Waals surface area contributed by atoms with E-state index in [9.17, 15) is 4.79 Å². The predicted molar refractivity (Wildman–Crippen MR) is 98.0 cm³/mol. The average Bonchev–Trinajstić information content (AvgIpc) is 2.64. The van der Waals surface area contributed by atoms with Gasteiger partial charge in [-0.15, -0.1) is 0 Å². The summed E-state index contributed by atoms with van der Waals surface area (Å²) < 4.78 is 15.9. The zero-order chi connectivity index (χ0) is 18.4. The molecule has 0 saturated carbocycles. The van der Waals surface area contributed by atoms with Crippen LogP contribution in [0.5, 0.6) is 17.2 Å². The first-order valence-electron chi connectivity index (χ1n) is 7.85. The second-order valence-corrected chi connectivity index (χ2v) is 5.59. The molecule has 2 rings (SSSR count). The van der Waals surface area contributed by atoms with E-state index in [-0.39, 0.29) is 5.91 Å². The summed E-state index contributed by atoms with van der Waals surface area (Å²) in [7, 11) is 8.48. The maximum absolute atomic E-state index is 12.6. The molecule has 25 heavy (non-hydrogen) atoms. The van der Waals surface area contributed by atoms with Crippen LogP contribution in [0, 0.1) is 0 Å². The maximum Gasteiger partial charge on any atom is 0.255 e. The summed E-state index contributed by atoms with van der Waals surface area (Å²) in [6.07, 6.45) is 0. The van der Waals surface area contributed by atoms with Gasteiger partial charge in [0.25, 0.3) is 5.91 Å². The lowest BCUT2D eigenvalue weighted by atomic mass is 10.1. The molecule has 6 nitrogen and oxygen atoms in total. The monoisotopic (exact) mass is 344 g/mol. The molecule has 0 spiro atoms. The second-order valence-electron chi connectivity index (χ2n) is 5.59. The van der Waals surface area contributed by atoms with Crippen molar-refractivity contribution in [3.63, 3.8) is 0 Å². The first-order chi connectivity index (χ1) is 12.0. The third-order valence-electron chi connectivity index (χ3n) is 3.86. The summed E-state index contributed by atoms with van der Waals surface area (Å²) >= 11 is 0. The van der Waals surface area contributed by atoms with Crippen molar-refractivity contribution in [3.8, 4) is 17.2 Å². The summed E-state index contributed by atoms with van der Waals surface area (Å²) in [6, 6.07) is 11.3. The number of benzene rings is 2. The van der Waals surface area contributed by atoms with Gasteiger partial charge in [-0.3, -0.25) is 4.79 Å². The normalized spacial score (nSPS) is 10.1. The van der Waals surface area contributed by atoms with Crippen molar-refractivity contribution in [1.82, 2.24) is 5.32 Å². The van der Waals surface area contributed by atoms with E-state index in [1.165, 1.54) is 21.3 Å². The molecule has 1 N–H and O–H groups in total. The SMILES string of the molecule is COc1ccc(C(=O)NCc2ccccc2N(C)C)c(OC)c1OC. The van der Waals surface area contributed by atoms with Gasteiger partial charge in [0.1, 0.15) is 0 Å². The highest BCUT2D eigenvalue weighted by atomic mass is 16.5. The third-order valence-corrected chi connectivity index (χ3v) is 3.86. The number of hydrogen-bond donors (Lipinski definition) is 1. The number of nitrogens with zero attached hydrogens (tertiary/aromatic N) is 1. The third kappa shape index (κ3) is 3.96. The molecule has 1 amide bonds. The maximum atomic E-state index is 12.6. The quantitative estimate of drug-likeness (QED) is 0.837. The standard InChI is InChI=1S/C19H24N2O4/c1-21(2)15-9-7-6-8-13(15)12-20-19(22)14-10-11-16(23-3)18(25-5)17(14)24-4/h6-11H,12H2,1-5H3,(H,20,22). The van der Waals surface area contributed by atoms with Gasteiger partial charge in [0.05, 0.1) is 26.9 Å². The van der Waals surface area contributed by atoms with E-state index in [2.05, 4.69) is 5.32 Å². The summed E-state index contributed by atoms with van der Waals surface area (Å²) in [6.45, 7) is 0.407. The molecule has 0 bridgehead atoms. The Kier molecular flexibility index (Phi) is 6.11. The molecule has 2 aromatic rings. The molecule has 0 radical (unpaired) electrons. The zero-order valence-electron chi connectivity index (χ0n) is 15.3. The van der Waals surface area contributed by atoms with Crippen LogP contribution < -0.4 is 24.4 Å². The Labute approximate surface area is 148 Å². The van der Waals surface area contributed by atoms with E-state index in [0.29, 0.717) is 29.4 Å². The molecule has 0 aromatic heterocycles. The fourth-order valence-electron chi connectivity index (χ4n) is 2.65. The van der Waals surface area contributed by atoms with Crippen LogP contribution in [0.2, 0.25) is 0 Å². The smallest absolute Gasteiger partial charge is 0.255 e. The topological polar surface area (TPSA) is 60.0 Å². The van der Waals surface area contributed by atoms with Crippen molar-refractivity contribution < 1.29 is 19.0 Å². The van der Waals surface area contributed by atoms with Crippen molar-refractivity contribution in [3.05, 3.63) is 47.5 Å². The predicted octanol–water partition coefficient (Wildman–Crippen LogP) is 2.71. The Morgan fingerprint density at radius 3 is 2.24 bits per heavy atom. The molecular formula is C19H24N2O4. The highest BCUT2D eigenvalue weighted by Crippen LogP contribution is 2.39.